The molecule has 176 valence electrons. The largest absolute Gasteiger partial charge is 0.481 e. The van der Waals surface area contributed by atoms with E-state index in [9.17, 15) is 8.42 Å². The van der Waals surface area contributed by atoms with E-state index in [-0.39, 0.29) is 10.8 Å². The van der Waals surface area contributed by atoms with E-state index in [0.29, 0.717) is 28.6 Å². The highest BCUT2D eigenvalue weighted by molar-refractivity contribution is 7.92. The number of carboxylic acid groups (broad SMARTS) is 1. The average molecular weight is 491 g/mol. The lowest BCUT2D eigenvalue weighted by Gasteiger charge is -2.11. The number of nitrogens with one attached hydrogen (secondary N) is 3. The van der Waals surface area contributed by atoms with Crippen molar-refractivity contribution in [1.29, 1.82) is 0 Å². The molecule has 0 fully saturated rings. The van der Waals surface area contributed by atoms with Crippen molar-refractivity contribution in [3.8, 4) is 0 Å². The Morgan fingerprint density at radius 2 is 1.70 bits per heavy atom. The van der Waals surface area contributed by atoms with Gasteiger partial charge in [-0.25, -0.2) is 13.1 Å². The summed E-state index contributed by atoms with van der Waals surface area (Å²) in [7, 11) is -3.77. The first-order valence-electron chi connectivity index (χ1n) is 9.92. The van der Waals surface area contributed by atoms with Crippen molar-refractivity contribution >= 4 is 44.9 Å². The van der Waals surface area contributed by atoms with Gasteiger partial charge in [-0.1, -0.05) is 35.5 Å². The van der Waals surface area contributed by atoms with Crippen LogP contribution in [0.25, 0.3) is 0 Å². The Hall–Kier alpha value is -3.44. The zero-order valence-electron chi connectivity index (χ0n) is 18.5. The van der Waals surface area contributed by atoms with Gasteiger partial charge in [-0.05, 0) is 62.3 Å². The van der Waals surface area contributed by atoms with E-state index >= 15 is 0 Å². The SMILES string of the molecule is CC(=O)O.Cc1noc(NS(=O)(=O)c2ccc(NC(=S)NCCc3ccccc3)cc2)c1C. The maximum Gasteiger partial charge on any atom is 0.300 e. The Bertz CT molecular complexity index is 1170. The number of aryl methyl sites for hydroxylation is 1. The molecule has 0 spiro atoms. The second kappa shape index (κ2) is 12.0. The smallest absolute Gasteiger partial charge is 0.300 e. The Balaban J connectivity index is 0.000000890. The van der Waals surface area contributed by atoms with Crippen molar-refractivity contribution in [2.24, 2.45) is 0 Å². The Morgan fingerprint density at radius 3 is 2.24 bits per heavy atom. The molecule has 4 N–H and O–H groups in total. The van der Waals surface area contributed by atoms with Gasteiger partial charge in [0.25, 0.3) is 16.0 Å². The van der Waals surface area contributed by atoms with Crippen molar-refractivity contribution in [3.05, 3.63) is 71.4 Å². The molecule has 0 atom stereocenters. The van der Waals surface area contributed by atoms with Crippen LogP contribution in [0.3, 0.4) is 0 Å². The minimum atomic E-state index is -3.77. The fourth-order valence-electron chi connectivity index (χ4n) is 2.55. The molecule has 2 aromatic carbocycles. The molecule has 11 heteroatoms. The molecule has 0 bridgehead atoms. The minimum Gasteiger partial charge on any atom is -0.481 e. The van der Waals surface area contributed by atoms with Crippen molar-refractivity contribution in [3.63, 3.8) is 0 Å². The third kappa shape index (κ3) is 8.54. The number of aromatic nitrogens is 1. The normalized spacial score (nSPS) is 10.5. The molecule has 0 aliphatic heterocycles. The van der Waals surface area contributed by atoms with Gasteiger partial charge >= 0.3 is 0 Å². The zero-order chi connectivity index (χ0) is 24.4. The standard InChI is InChI=1S/C20H22N4O3S2.C2H4O2/c1-14-15(2)23-27-19(14)24-29(25,26)18-10-8-17(9-11-18)22-20(28)21-13-12-16-6-4-3-5-7-16;1-2(3)4/h3-11,24H,12-13H2,1-2H3,(H2,21,22,28);1H3,(H,3,4). The Morgan fingerprint density at radius 1 is 1.09 bits per heavy atom. The van der Waals surface area contributed by atoms with Gasteiger partial charge in [0.1, 0.15) is 0 Å². The molecule has 0 amide bonds. The molecule has 0 radical (unpaired) electrons. The van der Waals surface area contributed by atoms with E-state index in [1.54, 1.807) is 26.0 Å². The number of thiocarbonyl (C=S) groups is 1. The zero-order valence-corrected chi connectivity index (χ0v) is 20.1. The van der Waals surface area contributed by atoms with Crippen LogP contribution >= 0.6 is 12.2 Å². The molecule has 33 heavy (non-hydrogen) atoms. The van der Waals surface area contributed by atoms with E-state index in [4.69, 9.17) is 26.6 Å². The highest BCUT2D eigenvalue weighted by Crippen LogP contribution is 2.22. The summed E-state index contributed by atoms with van der Waals surface area (Å²) >= 11 is 5.29. The Labute approximate surface area is 198 Å². The summed E-state index contributed by atoms with van der Waals surface area (Å²) in [4.78, 5) is 9.11. The number of rotatable bonds is 7. The van der Waals surface area contributed by atoms with E-state index < -0.39 is 16.0 Å². The predicted octanol–water partition coefficient (Wildman–Crippen LogP) is 3.71. The molecule has 0 unspecified atom stereocenters. The van der Waals surface area contributed by atoms with Crippen LogP contribution in [0.1, 0.15) is 23.7 Å². The number of aliphatic carboxylic acids is 1. The monoisotopic (exact) mass is 490 g/mol. The van der Waals surface area contributed by atoms with Crippen molar-refractivity contribution in [2.75, 3.05) is 16.6 Å². The maximum absolute atomic E-state index is 12.5. The lowest BCUT2D eigenvalue weighted by molar-refractivity contribution is -0.134. The summed E-state index contributed by atoms with van der Waals surface area (Å²) in [6, 6.07) is 16.4. The van der Waals surface area contributed by atoms with Crippen LogP contribution in [-0.4, -0.2) is 36.3 Å². The van der Waals surface area contributed by atoms with Gasteiger partial charge in [0.05, 0.1) is 10.6 Å². The highest BCUT2D eigenvalue weighted by Gasteiger charge is 2.19. The molecular formula is C22H26N4O5S2. The minimum absolute atomic E-state index is 0.111. The molecule has 0 saturated heterocycles. The molecule has 3 aromatic rings. The first kappa shape index (κ1) is 25.8. The third-order valence-corrected chi connectivity index (χ3v) is 5.94. The number of hydrogen-bond acceptors (Lipinski definition) is 6. The van der Waals surface area contributed by atoms with Gasteiger partial charge in [-0.3, -0.25) is 4.79 Å². The fourth-order valence-corrected chi connectivity index (χ4v) is 3.82. The van der Waals surface area contributed by atoms with E-state index in [2.05, 4.69) is 32.6 Å². The lowest BCUT2D eigenvalue weighted by Crippen LogP contribution is -2.30. The molecule has 9 nitrogen and oxygen atoms in total. The number of benzene rings is 2. The van der Waals surface area contributed by atoms with Gasteiger partial charge in [0.15, 0.2) is 5.11 Å². The summed E-state index contributed by atoms with van der Waals surface area (Å²) < 4.78 is 32.5. The number of carbonyl (C=O) groups is 1. The van der Waals surface area contributed by atoms with Gasteiger partial charge in [0, 0.05) is 24.7 Å². The molecule has 3 rings (SSSR count). The first-order chi connectivity index (χ1) is 15.6. The highest BCUT2D eigenvalue weighted by atomic mass is 32.2. The van der Waals surface area contributed by atoms with Crippen LogP contribution in [-0.2, 0) is 21.2 Å². The summed E-state index contributed by atoms with van der Waals surface area (Å²) in [5, 5.41) is 17.8. The summed E-state index contributed by atoms with van der Waals surface area (Å²) in [5.74, 6) is -0.714. The van der Waals surface area contributed by atoms with Crippen LogP contribution in [0.4, 0.5) is 11.6 Å². The summed E-state index contributed by atoms with van der Waals surface area (Å²) in [6.45, 7) is 5.26. The van der Waals surface area contributed by atoms with Gasteiger partial charge in [-0.2, -0.15) is 0 Å². The van der Waals surface area contributed by atoms with E-state index in [1.807, 2.05) is 18.2 Å². The molecule has 0 aliphatic carbocycles. The quantitative estimate of drug-likeness (QED) is 0.366. The number of anilines is 2. The Kier molecular flexibility index (Phi) is 9.37. The number of nitrogens with zero attached hydrogens (tertiary/aromatic N) is 1. The van der Waals surface area contributed by atoms with Gasteiger partial charge in [0.2, 0.25) is 5.88 Å². The van der Waals surface area contributed by atoms with Gasteiger partial charge in [-0.15, -0.1) is 0 Å². The molecule has 1 aromatic heterocycles. The predicted molar refractivity (Wildman–Crippen MR) is 131 cm³/mol. The van der Waals surface area contributed by atoms with Gasteiger partial charge < -0.3 is 20.3 Å². The van der Waals surface area contributed by atoms with Crippen LogP contribution < -0.4 is 15.4 Å². The van der Waals surface area contributed by atoms with Crippen molar-refractivity contribution in [2.45, 2.75) is 32.1 Å². The second-order valence-corrected chi connectivity index (χ2v) is 9.08. The average Bonchev–Trinajstić information content (AvgIpc) is 3.06. The van der Waals surface area contributed by atoms with Crippen LogP contribution in [0.5, 0.6) is 0 Å². The van der Waals surface area contributed by atoms with Crippen molar-refractivity contribution in [1.82, 2.24) is 10.5 Å². The molecule has 0 saturated carbocycles. The summed E-state index contributed by atoms with van der Waals surface area (Å²) in [6.07, 6.45) is 0.853. The lowest BCUT2D eigenvalue weighted by atomic mass is 10.1. The number of carboxylic acids is 1. The fraction of sp³-hybridized carbons (Fsp3) is 0.227. The maximum atomic E-state index is 12.5. The molecular weight excluding hydrogens is 464 g/mol. The number of hydrogen-bond donors (Lipinski definition) is 4. The van der Waals surface area contributed by atoms with Crippen molar-refractivity contribution < 1.29 is 22.8 Å². The molecule has 0 aliphatic rings. The van der Waals surface area contributed by atoms with E-state index in [1.165, 1.54) is 17.7 Å². The van der Waals surface area contributed by atoms with E-state index in [0.717, 1.165) is 13.3 Å². The van der Waals surface area contributed by atoms with Crippen LogP contribution in [0.15, 0.2) is 64.0 Å². The first-order valence-corrected chi connectivity index (χ1v) is 11.8. The second-order valence-electron chi connectivity index (χ2n) is 6.99. The van der Waals surface area contributed by atoms with Crippen LogP contribution in [0, 0.1) is 13.8 Å². The summed E-state index contributed by atoms with van der Waals surface area (Å²) in [5.41, 5.74) is 3.20. The molecule has 1 heterocycles. The number of sulfonamides is 1. The van der Waals surface area contributed by atoms with Crippen LogP contribution in [0.2, 0.25) is 0 Å². The third-order valence-electron chi connectivity index (χ3n) is 4.35. The topological polar surface area (TPSA) is 134 Å².